The third-order valence-electron chi connectivity index (χ3n) is 6.76. The zero-order valence-corrected chi connectivity index (χ0v) is 16.0. The SMILES string of the molecule is COc1ccc(-c2noc(CNC34CC5CC(CC(C5)C3)C4)n2)cc1OC. The molecule has 0 spiro atoms. The minimum atomic E-state index is 0.298. The van der Waals surface area contributed by atoms with Gasteiger partial charge in [-0.15, -0.1) is 0 Å². The summed E-state index contributed by atoms with van der Waals surface area (Å²) in [7, 11) is 3.25. The van der Waals surface area contributed by atoms with Gasteiger partial charge in [-0.2, -0.15) is 4.98 Å². The molecule has 4 aliphatic rings. The summed E-state index contributed by atoms with van der Waals surface area (Å²) in [6, 6.07) is 5.65. The van der Waals surface area contributed by atoms with E-state index in [-0.39, 0.29) is 0 Å². The van der Waals surface area contributed by atoms with E-state index in [1.807, 2.05) is 18.2 Å². The first-order valence-electron chi connectivity index (χ1n) is 9.96. The number of nitrogens with one attached hydrogen (secondary N) is 1. The molecule has 0 radical (unpaired) electrons. The molecule has 0 aliphatic heterocycles. The fourth-order valence-corrected chi connectivity index (χ4v) is 6.01. The van der Waals surface area contributed by atoms with Crippen LogP contribution in [0.5, 0.6) is 11.5 Å². The van der Waals surface area contributed by atoms with Crippen molar-refractivity contribution in [2.24, 2.45) is 17.8 Å². The lowest BCUT2D eigenvalue weighted by Crippen LogP contribution is -2.58. The number of hydrogen-bond donors (Lipinski definition) is 1. The molecule has 4 bridgehead atoms. The fraction of sp³-hybridized carbons (Fsp3) is 0.619. The van der Waals surface area contributed by atoms with Gasteiger partial charge in [-0.05, 0) is 74.5 Å². The molecular weight excluding hydrogens is 342 g/mol. The highest BCUT2D eigenvalue weighted by molar-refractivity contribution is 5.60. The molecule has 144 valence electrons. The minimum absolute atomic E-state index is 0.298. The molecule has 4 aliphatic carbocycles. The van der Waals surface area contributed by atoms with E-state index >= 15 is 0 Å². The molecule has 4 saturated carbocycles. The molecule has 6 nitrogen and oxygen atoms in total. The molecule has 0 unspecified atom stereocenters. The van der Waals surface area contributed by atoms with Crippen LogP contribution in [0.15, 0.2) is 22.7 Å². The van der Waals surface area contributed by atoms with Crippen molar-refractivity contribution in [1.29, 1.82) is 0 Å². The van der Waals surface area contributed by atoms with Crippen molar-refractivity contribution < 1.29 is 14.0 Å². The Hall–Kier alpha value is -2.08. The Balaban J connectivity index is 1.29. The third-order valence-corrected chi connectivity index (χ3v) is 6.76. The van der Waals surface area contributed by atoms with Crippen molar-refractivity contribution in [2.45, 2.75) is 50.6 Å². The third kappa shape index (κ3) is 3.10. The van der Waals surface area contributed by atoms with Crippen LogP contribution in [0.2, 0.25) is 0 Å². The second-order valence-electron chi connectivity index (χ2n) is 8.63. The second-order valence-corrected chi connectivity index (χ2v) is 8.63. The molecule has 1 heterocycles. The van der Waals surface area contributed by atoms with Crippen LogP contribution in [0.3, 0.4) is 0 Å². The zero-order chi connectivity index (χ0) is 18.4. The van der Waals surface area contributed by atoms with Gasteiger partial charge in [0, 0.05) is 11.1 Å². The smallest absolute Gasteiger partial charge is 0.240 e. The maximum atomic E-state index is 5.52. The number of aromatic nitrogens is 2. The number of hydrogen-bond acceptors (Lipinski definition) is 6. The Morgan fingerprint density at radius 2 is 1.70 bits per heavy atom. The molecule has 6 heteroatoms. The van der Waals surface area contributed by atoms with Gasteiger partial charge >= 0.3 is 0 Å². The average molecular weight is 369 g/mol. The van der Waals surface area contributed by atoms with Gasteiger partial charge < -0.3 is 19.3 Å². The van der Waals surface area contributed by atoms with Crippen LogP contribution in [0.1, 0.15) is 44.4 Å². The highest BCUT2D eigenvalue weighted by Crippen LogP contribution is 2.55. The van der Waals surface area contributed by atoms with Crippen molar-refractivity contribution >= 4 is 0 Å². The summed E-state index contributed by atoms with van der Waals surface area (Å²) in [6.07, 6.45) is 8.29. The van der Waals surface area contributed by atoms with Gasteiger partial charge in [0.05, 0.1) is 20.8 Å². The number of nitrogens with zero attached hydrogens (tertiary/aromatic N) is 2. The van der Waals surface area contributed by atoms with Crippen LogP contribution in [0, 0.1) is 17.8 Å². The van der Waals surface area contributed by atoms with E-state index in [4.69, 9.17) is 14.0 Å². The van der Waals surface area contributed by atoms with Gasteiger partial charge in [0.2, 0.25) is 11.7 Å². The monoisotopic (exact) mass is 369 g/mol. The van der Waals surface area contributed by atoms with E-state index in [0.717, 1.165) is 23.3 Å². The van der Waals surface area contributed by atoms with Crippen molar-refractivity contribution in [3.63, 3.8) is 0 Å². The Morgan fingerprint density at radius 3 is 2.33 bits per heavy atom. The van der Waals surface area contributed by atoms with Crippen molar-refractivity contribution in [2.75, 3.05) is 14.2 Å². The lowest BCUT2D eigenvalue weighted by Gasteiger charge is -2.57. The zero-order valence-electron chi connectivity index (χ0n) is 16.0. The quantitative estimate of drug-likeness (QED) is 0.835. The molecule has 2 aromatic rings. The van der Waals surface area contributed by atoms with Gasteiger partial charge in [0.25, 0.3) is 0 Å². The molecule has 6 rings (SSSR count). The van der Waals surface area contributed by atoms with Gasteiger partial charge in [-0.1, -0.05) is 5.16 Å². The Labute approximate surface area is 159 Å². The molecule has 27 heavy (non-hydrogen) atoms. The van der Waals surface area contributed by atoms with Crippen LogP contribution >= 0.6 is 0 Å². The van der Waals surface area contributed by atoms with Gasteiger partial charge in [0.1, 0.15) is 0 Å². The van der Waals surface area contributed by atoms with E-state index in [1.54, 1.807) is 14.2 Å². The van der Waals surface area contributed by atoms with Gasteiger partial charge in [0.15, 0.2) is 11.5 Å². The molecular formula is C21H27N3O3. The van der Waals surface area contributed by atoms with Gasteiger partial charge in [-0.25, -0.2) is 0 Å². The first-order valence-corrected chi connectivity index (χ1v) is 9.96. The molecule has 4 fully saturated rings. The summed E-state index contributed by atoms with van der Waals surface area (Å²) in [5.41, 5.74) is 1.16. The Bertz CT molecular complexity index is 797. The maximum Gasteiger partial charge on any atom is 0.240 e. The normalized spacial score (nSPS) is 31.3. The summed E-state index contributed by atoms with van der Waals surface area (Å²) in [5.74, 6) is 5.35. The standard InChI is InChI=1S/C21H27N3O3/c1-25-17-4-3-16(8-18(17)26-2)20-23-19(27-24-20)12-22-21-9-13-5-14(10-21)7-15(6-13)11-21/h3-4,8,13-15,22H,5-7,9-12H2,1-2H3. The molecule has 0 atom stereocenters. The van der Waals surface area contributed by atoms with E-state index in [9.17, 15) is 0 Å². The van der Waals surface area contributed by atoms with Gasteiger partial charge in [-0.3, -0.25) is 0 Å². The lowest BCUT2D eigenvalue weighted by molar-refractivity contribution is -0.0217. The van der Waals surface area contributed by atoms with Crippen LogP contribution < -0.4 is 14.8 Å². The summed E-state index contributed by atoms with van der Waals surface area (Å²) in [6.45, 7) is 0.645. The number of ether oxygens (including phenoxy) is 2. The largest absolute Gasteiger partial charge is 0.493 e. The predicted octanol–water partition coefficient (Wildman–Crippen LogP) is 3.81. The van der Waals surface area contributed by atoms with Crippen LogP contribution in [-0.4, -0.2) is 29.9 Å². The average Bonchev–Trinajstić information content (AvgIpc) is 3.14. The van der Waals surface area contributed by atoms with Crippen molar-refractivity contribution in [1.82, 2.24) is 15.5 Å². The van der Waals surface area contributed by atoms with Crippen molar-refractivity contribution in [3.8, 4) is 22.9 Å². The molecule has 0 saturated heterocycles. The first kappa shape index (κ1) is 17.0. The molecule has 1 aromatic carbocycles. The lowest BCUT2D eigenvalue weighted by atomic mass is 9.53. The highest BCUT2D eigenvalue weighted by Gasteiger charge is 2.50. The van der Waals surface area contributed by atoms with E-state index in [1.165, 1.54) is 38.5 Å². The minimum Gasteiger partial charge on any atom is -0.493 e. The van der Waals surface area contributed by atoms with E-state index in [2.05, 4.69) is 15.5 Å². The number of rotatable bonds is 6. The van der Waals surface area contributed by atoms with Crippen LogP contribution in [0.4, 0.5) is 0 Å². The Morgan fingerprint density at radius 1 is 1.04 bits per heavy atom. The highest BCUT2D eigenvalue weighted by atomic mass is 16.5. The molecule has 0 amide bonds. The maximum absolute atomic E-state index is 5.52. The molecule has 1 aromatic heterocycles. The van der Waals surface area contributed by atoms with E-state index in [0.29, 0.717) is 35.3 Å². The van der Waals surface area contributed by atoms with Crippen LogP contribution in [-0.2, 0) is 6.54 Å². The number of benzene rings is 1. The summed E-state index contributed by atoms with van der Waals surface area (Å²) >= 11 is 0. The topological polar surface area (TPSA) is 69.4 Å². The Kier molecular flexibility index (Phi) is 4.11. The summed E-state index contributed by atoms with van der Waals surface area (Å²) in [4.78, 5) is 4.59. The number of methoxy groups -OCH3 is 2. The van der Waals surface area contributed by atoms with Crippen molar-refractivity contribution in [3.05, 3.63) is 24.1 Å². The first-order chi connectivity index (χ1) is 13.2. The van der Waals surface area contributed by atoms with E-state index < -0.39 is 0 Å². The molecule has 1 N–H and O–H groups in total. The predicted molar refractivity (Wildman–Crippen MR) is 101 cm³/mol. The summed E-state index contributed by atoms with van der Waals surface area (Å²) in [5, 5.41) is 7.97. The summed E-state index contributed by atoms with van der Waals surface area (Å²) < 4.78 is 16.2. The van der Waals surface area contributed by atoms with Crippen LogP contribution in [0.25, 0.3) is 11.4 Å². The fourth-order valence-electron chi connectivity index (χ4n) is 6.01. The second kappa shape index (κ2) is 6.51.